The van der Waals surface area contributed by atoms with Crippen LogP contribution < -0.4 is 15.6 Å². The van der Waals surface area contributed by atoms with Crippen LogP contribution in [0.3, 0.4) is 0 Å². The van der Waals surface area contributed by atoms with Crippen LogP contribution in [0.5, 0.6) is 11.5 Å². The van der Waals surface area contributed by atoms with Gasteiger partial charge in [0.05, 0.1) is 6.04 Å². The van der Waals surface area contributed by atoms with Gasteiger partial charge in [0.15, 0.2) is 0 Å². The number of aromatic amines is 1. The topological polar surface area (TPSA) is 71.2 Å². The summed E-state index contributed by atoms with van der Waals surface area (Å²) in [6.45, 7) is 1.97. The number of pyridine rings is 1. The van der Waals surface area contributed by atoms with Gasteiger partial charge >= 0.3 is 6.18 Å². The number of H-pyrrole nitrogens is 1. The first-order chi connectivity index (χ1) is 14.3. The van der Waals surface area contributed by atoms with Crippen LogP contribution >= 0.6 is 0 Å². The maximum absolute atomic E-state index is 12.9. The number of alkyl halides is 3. The molecule has 1 aromatic heterocycles. The summed E-state index contributed by atoms with van der Waals surface area (Å²) in [5.74, 6) is 0.369. The van der Waals surface area contributed by atoms with Crippen LogP contribution in [0.15, 0.2) is 59.4 Å². The lowest BCUT2D eigenvalue weighted by molar-refractivity contribution is -0.141. The third-order valence-corrected chi connectivity index (χ3v) is 5.01. The lowest BCUT2D eigenvalue weighted by Gasteiger charge is -2.30. The number of ether oxygens (including phenoxy) is 1. The molecule has 1 aliphatic rings. The number of carbonyl (C=O) groups excluding carboxylic acids is 1. The van der Waals surface area contributed by atoms with Crippen LogP contribution in [-0.4, -0.2) is 10.9 Å². The number of aryl methyl sites for hydroxylation is 1. The Kier molecular flexibility index (Phi) is 4.85. The molecule has 0 aliphatic carbocycles. The van der Waals surface area contributed by atoms with Gasteiger partial charge in [-0.15, -0.1) is 0 Å². The van der Waals surface area contributed by atoms with E-state index in [0.29, 0.717) is 29.5 Å². The number of nitrogens with one attached hydrogen (secondary N) is 2. The quantitative estimate of drug-likeness (QED) is 0.659. The minimum Gasteiger partial charge on any atom is -0.457 e. The lowest BCUT2D eigenvalue weighted by Crippen LogP contribution is -2.35. The molecular weight excluding hydrogens is 397 g/mol. The van der Waals surface area contributed by atoms with Gasteiger partial charge in [-0.2, -0.15) is 13.2 Å². The molecule has 0 spiro atoms. The Hall–Kier alpha value is -3.55. The first-order valence-corrected chi connectivity index (χ1v) is 9.29. The van der Waals surface area contributed by atoms with Gasteiger partial charge in [-0.1, -0.05) is 37.3 Å². The van der Waals surface area contributed by atoms with Crippen molar-refractivity contribution in [2.75, 3.05) is 0 Å². The molecule has 1 amide bonds. The largest absolute Gasteiger partial charge is 0.457 e. The molecule has 0 saturated heterocycles. The van der Waals surface area contributed by atoms with Crippen molar-refractivity contribution in [2.45, 2.75) is 25.6 Å². The number of carbonyl (C=O) groups is 1. The third kappa shape index (κ3) is 3.45. The van der Waals surface area contributed by atoms with Crippen LogP contribution in [0.4, 0.5) is 13.2 Å². The normalized spacial score (nSPS) is 15.0. The Morgan fingerprint density at radius 3 is 2.50 bits per heavy atom. The molecule has 30 heavy (non-hydrogen) atoms. The van der Waals surface area contributed by atoms with Crippen LogP contribution in [0.1, 0.15) is 45.7 Å². The van der Waals surface area contributed by atoms with Gasteiger partial charge in [-0.05, 0) is 36.2 Å². The van der Waals surface area contributed by atoms with Gasteiger partial charge in [-0.3, -0.25) is 9.59 Å². The van der Waals surface area contributed by atoms with Crippen molar-refractivity contribution in [3.63, 3.8) is 0 Å². The zero-order valence-electron chi connectivity index (χ0n) is 15.8. The van der Waals surface area contributed by atoms with Gasteiger partial charge in [-0.25, -0.2) is 0 Å². The van der Waals surface area contributed by atoms with E-state index in [-0.39, 0.29) is 0 Å². The average Bonchev–Trinajstić information content (AvgIpc) is 2.72. The highest BCUT2D eigenvalue weighted by Gasteiger charge is 2.34. The Bertz CT molecular complexity index is 1180. The molecule has 5 nitrogen and oxygen atoms in total. The third-order valence-electron chi connectivity index (χ3n) is 5.01. The Labute approximate surface area is 169 Å². The molecule has 0 fully saturated rings. The van der Waals surface area contributed by atoms with E-state index < -0.39 is 34.9 Å². The minimum absolute atomic E-state index is 0.400. The van der Waals surface area contributed by atoms with E-state index in [1.807, 2.05) is 19.1 Å². The summed E-state index contributed by atoms with van der Waals surface area (Å²) in [5.41, 5.74) is -0.306. The van der Waals surface area contributed by atoms with Crippen molar-refractivity contribution in [1.29, 1.82) is 0 Å². The van der Waals surface area contributed by atoms with Crippen molar-refractivity contribution in [3.05, 3.63) is 92.9 Å². The van der Waals surface area contributed by atoms with Gasteiger partial charge in [0.2, 0.25) is 0 Å². The summed E-state index contributed by atoms with van der Waals surface area (Å²) in [6, 6.07) is 13.7. The molecule has 1 unspecified atom stereocenters. The van der Waals surface area contributed by atoms with Gasteiger partial charge in [0.1, 0.15) is 22.8 Å². The number of hydrogen-bond donors (Lipinski definition) is 2. The van der Waals surface area contributed by atoms with Crippen LogP contribution in [0.25, 0.3) is 0 Å². The second-order valence-electron chi connectivity index (χ2n) is 6.84. The minimum atomic E-state index is -4.71. The Morgan fingerprint density at radius 1 is 1.07 bits per heavy atom. The highest BCUT2D eigenvalue weighted by atomic mass is 19.4. The summed E-state index contributed by atoms with van der Waals surface area (Å²) in [5, 5.41) is 2.80. The molecule has 0 saturated carbocycles. The van der Waals surface area contributed by atoms with Crippen LogP contribution in [0, 0.1) is 0 Å². The van der Waals surface area contributed by atoms with E-state index in [1.165, 1.54) is 0 Å². The monoisotopic (exact) mass is 414 g/mol. The number of para-hydroxylation sites is 1. The number of rotatable bonds is 3. The SMILES string of the molecule is CCc1cccc2c1C(NC(=O)c1ccc(C(F)(F)F)[nH]c1=O)c1ccccc1O2. The molecule has 1 atom stereocenters. The van der Waals surface area contributed by atoms with Crippen molar-refractivity contribution < 1.29 is 22.7 Å². The molecule has 154 valence electrons. The molecule has 0 bridgehead atoms. The van der Waals surface area contributed by atoms with E-state index in [1.54, 1.807) is 35.3 Å². The first kappa shape index (κ1) is 19.8. The van der Waals surface area contributed by atoms with E-state index in [4.69, 9.17) is 4.74 Å². The van der Waals surface area contributed by atoms with E-state index in [2.05, 4.69) is 5.32 Å². The molecule has 8 heteroatoms. The van der Waals surface area contributed by atoms with Crippen molar-refractivity contribution in [2.24, 2.45) is 0 Å². The molecule has 2 aromatic carbocycles. The number of aromatic nitrogens is 1. The molecule has 2 N–H and O–H groups in total. The number of fused-ring (bicyclic) bond motifs is 2. The second-order valence-corrected chi connectivity index (χ2v) is 6.84. The second kappa shape index (κ2) is 7.37. The zero-order valence-corrected chi connectivity index (χ0v) is 15.8. The summed E-state index contributed by atoms with van der Waals surface area (Å²) >= 11 is 0. The standard InChI is InChI=1S/C22H17F3N2O3/c1-2-12-6-5-9-16-18(12)19(13-7-3-4-8-15(13)30-16)27-21(29)14-10-11-17(22(23,24)25)26-20(14)28/h3-11,19H,2H2,1H3,(H,26,28)(H,27,29). The van der Waals surface area contributed by atoms with Crippen LogP contribution in [-0.2, 0) is 12.6 Å². The molecule has 4 rings (SSSR count). The Morgan fingerprint density at radius 2 is 1.80 bits per heavy atom. The fourth-order valence-electron chi connectivity index (χ4n) is 3.58. The summed E-state index contributed by atoms with van der Waals surface area (Å²) in [4.78, 5) is 26.7. The van der Waals surface area contributed by atoms with Crippen molar-refractivity contribution >= 4 is 5.91 Å². The summed E-state index contributed by atoms with van der Waals surface area (Å²) in [7, 11) is 0. The van der Waals surface area contributed by atoms with E-state index in [9.17, 15) is 22.8 Å². The van der Waals surface area contributed by atoms with Gasteiger partial charge < -0.3 is 15.0 Å². The molecular formula is C22H17F3N2O3. The van der Waals surface area contributed by atoms with Gasteiger partial charge in [0, 0.05) is 11.1 Å². The fourth-order valence-corrected chi connectivity index (χ4v) is 3.58. The molecule has 3 aromatic rings. The van der Waals surface area contributed by atoms with Crippen molar-refractivity contribution in [1.82, 2.24) is 10.3 Å². The number of halogens is 3. The van der Waals surface area contributed by atoms with Gasteiger partial charge in [0.25, 0.3) is 11.5 Å². The lowest BCUT2D eigenvalue weighted by atomic mass is 9.89. The summed E-state index contributed by atoms with van der Waals surface area (Å²) < 4.78 is 44.4. The van der Waals surface area contributed by atoms with E-state index >= 15 is 0 Å². The Balaban J connectivity index is 1.75. The fraction of sp³-hybridized carbons (Fsp3) is 0.182. The number of hydrogen-bond acceptors (Lipinski definition) is 3. The predicted molar refractivity (Wildman–Crippen MR) is 104 cm³/mol. The average molecular weight is 414 g/mol. The smallest absolute Gasteiger partial charge is 0.431 e. The zero-order chi connectivity index (χ0) is 21.5. The maximum Gasteiger partial charge on any atom is 0.431 e. The molecule has 2 heterocycles. The highest BCUT2D eigenvalue weighted by Crippen LogP contribution is 2.44. The maximum atomic E-state index is 12.9. The van der Waals surface area contributed by atoms with E-state index in [0.717, 1.165) is 17.2 Å². The van der Waals surface area contributed by atoms with Crippen molar-refractivity contribution in [3.8, 4) is 11.5 Å². The summed E-state index contributed by atoms with van der Waals surface area (Å²) in [6.07, 6.45) is -4.02. The highest BCUT2D eigenvalue weighted by molar-refractivity contribution is 5.94. The first-order valence-electron chi connectivity index (χ1n) is 9.29. The molecule has 0 radical (unpaired) electrons. The van der Waals surface area contributed by atoms with Crippen LogP contribution in [0.2, 0.25) is 0 Å². The molecule has 1 aliphatic heterocycles. The predicted octanol–water partition coefficient (Wildman–Crippen LogP) is 4.58. The number of benzene rings is 2. The number of amides is 1.